The highest BCUT2D eigenvalue weighted by Gasteiger charge is 2.33. The molecule has 0 spiro atoms. The maximum absolute atomic E-state index is 12.5. The van der Waals surface area contributed by atoms with E-state index in [2.05, 4.69) is 12.2 Å². The summed E-state index contributed by atoms with van der Waals surface area (Å²) < 4.78 is 11.2. The van der Waals surface area contributed by atoms with E-state index in [1.54, 1.807) is 24.3 Å². The van der Waals surface area contributed by atoms with Crippen LogP contribution in [0.15, 0.2) is 24.3 Å². The Morgan fingerprint density at radius 1 is 1.24 bits per heavy atom. The zero-order valence-corrected chi connectivity index (χ0v) is 14.8. The van der Waals surface area contributed by atoms with Crippen LogP contribution in [0.2, 0.25) is 0 Å². The first-order valence-electron chi connectivity index (χ1n) is 8.91. The van der Waals surface area contributed by atoms with E-state index in [0.717, 1.165) is 32.1 Å². The van der Waals surface area contributed by atoms with Gasteiger partial charge in [0, 0.05) is 18.7 Å². The monoisotopic (exact) mass is 349 g/mol. The minimum atomic E-state index is -1.05. The fourth-order valence-corrected chi connectivity index (χ4v) is 3.10. The third-order valence-corrected chi connectivity index (χ3v) is 4.41. The Kier molecular flexibility index (Phi) is 7.25. The van der Waals surface area contributed by atoms with Crippen LogP contribution in [0.1, 0.15) is 55.8 Å². The van der Waals surface area contributed by atoms with Gasteiger partial charge in [-0.05, 0) is 37.5 Å². The Morgan fingerprint density at radius 3 is 2.68 bits per heavy atom. The fourth-order valence-electron chi connectivity index (χ4n) is 3.10. The van der Waals surface area contributed by atoms with Crippen molar-refractivity contribution in [2.75, 3.05) is 19.8 Å². The minimum Gasteiger partial charge on any atom is -0.482 e. The van der Waals surface area contributed by atoms with Crippen molar-refractivity contribution < 1.29 is 24.2 Å². The molecule has 1 amide bonds. The van der Waals surface area contributed by atoms with Crippen LogP contribution < -0.4 is 10.1 Å². The lowest BCUT2D eigenvalue weighted by Gasteiger charge is -2.37. The molecule has 138 valence electrons. The van der Waals surface area contributed by atoms with Crippen molar-refractivity contribution in [2.24, 2.45) is 0 Å². The molecule has 1 aromatic rings. The molecular weight excluding hydrogens is 322 g/mol. The van der Waals surface area contributed by atoms with Crippen molar-refractivity contribution in [1.29, 1.82) is 0 Å². The van der Waals surface area contributed by atoms with Gasteiger partial charge in [-0.3, -0.25) is 4.79 Å². The van der Waals surface area contributed by atoms with Crippen LogP contribution in [0.5, 0.6) is 5.75 Å². The topological polar surface area (TPSA) is 84.9 Å². The molecule has 6 heteroatoms. The van der Waals surface area contributed by atoms with Crippen molar-refractivity contribution in [3.63, 3.8) is 0 Å². The van der Waals surface area contributed by atoms with Crippen molar-refractivity contribution in [2.45, 2.75) is 51.0 Å². The number of hydrogen-bond acceptors (Lipinski definition) is 4. The van der Waals surface area contributed by atoms with Gasteiger partial charge < -0.3 is 19.9 Å². The van der Waals surface area contributed by atoms with Crippen molar-refractivity contribution in [1.82, 2.24) is 5.32 Å². The summed E-state index contributed by atoms with van der Waals surface area (Å²) in [6, 6.07) is 6.55. The van der Waals surface area contributed by atoms with E-state index >= 15 is 0 Å². The quantitative estimate of drug-likeness (QED) is 0.716. The molecule has 0 radical (unpaired) electrons. The molecule has 1 aliphatic rings. The van der Waals surface area contributed by atoms with Crippen LogP contribution in [0, 0.1) is 0 Å². The number of benzene rings is 1. The second-order valence-electron chi connectivity index (χ2n) is 6.49. The van der Waals surface area contributed by atoms with Gasteiger partial charge in [-0.2, -0.15) is 0 Å². The zero-order valence-electron chi connectivity index (χ0n) is 14.8. The number of ether oxygens (including phenoxy) is 2. The number of aliphatic carboxylic acids is 1. The molecule has 25 heavy (non-hydrogen) atoms. The molecule has 1 aliphatic carbocycles. The van der Waals surface area contributed by atoms with Gasteiger partial charge in [-0.1, -0.05) is 32.3 Å². The first-order valence-corrected chi connectivity index (χ1v) is 8.91. The molecule has 0 aromatic heterocycles. The molecular formula is C19H27NO5. The molecule has 6 nitrogen and oxygen atoms in total. The third-order valence-electron chi connectivity index (χ3n) is 4.41. The average Bonchev–Trinajstić information content (AvgIpc) is 2.64. The summed E-state index contributed by atoms with van der Waals surface area (Å²) in [5.74, 6) is -0.891. The van der Waals surface area contributed by atoms with E-state index in [1.165, 1.54) is 6.42 Å². The highest BCUT2D eigenvalue weighted by molar-refractivity contribution is 5.94. The Balaban J connectivity index is 1.95. The predicted molar refractivity (Wildman–Crippen MR) is 94.0 cm³/mol. The summed E-state index contributed by atoms with van der Waals surface area (Å²) in [7, 11) is 0. The van der Waals surface area contributed by atoms with Crippen molar-refractivity contribution >= 4 is 11.9 Å². The summed E-state index contributed by atoms with van der Waals surface area (Å²) in [6.07, 6.45) is 6.35. The second kappa shape index (κ2) is 9.42. The molecule has 0 heterocycles. The van der Waals surface area contributed by atoms with Gasteiger partial charge in [0.1, 0.15) is 5.75 Å². The Bertz CT molecular complexity index is 581. The van der Waals surface area contributed by atoms with Crippen LogP contribution in [0.4, 0.5) is 0 Å². The van der Waals surface area contributed by atoms with Gasteiger partial charge in [0.25, 0.3) is 5.91 Å². The fraction of sp³-hybridized carbons (Fsp3) is 0.579. The molecule has 1 fully saturated rings. The zero-order chi connectivity index (χ0) is 18.1. The normalized spacial score (nSPS) is 16.2. The number of amides is 1. The number of rotatable bonds is 9. The number of carbonyl (C=O) groups is 2. The standard InChI is InChI=1S/C19H27NO5/c1-2-11-25-19(9-4-3-5-10-19)14-20-18(23)15-7-6-8-16(12-15)24-13-17(21)22/h6-8,12H,2-5,9-11,13-14H2,1H3,(H,20,23)(H,21,22). The summed E-state index contributed by atoms with van der Waals surface area (Å²) in [6.45, 7) is 2.84. The van der Waals surface area contributed by atoms with E-state index in [1.807, 2.05) is 0 Å². The first-order chi connectivity index (χ1) is 12.0. The van der Waals surface area contributed by atoms with Crippen LogP contribution in [-0.2, 0) is 9.53 Å². The van der Waals surface area contributed by atoms with Crippen molar-refractivity contribution in [3.05, 3.63) is 29.8 Å². The summed E-state index contributed by atoms with van der Waals surface area (Å²) in [5, 5.41) is 11.6. The van der Waals surface area contributed by atoms with Crippen LogP contribution >= 0.6 is 0 Å². The lowest BCUT2D eigenvalue weighted by Crippen LogP contribution is -2.46. The van der Waals surface area contributed by atoms with Crippen molar-refractivity contribution in [3.8, 4) is 5.75 Å². The highest BCUT2D eigenvalue weighted by atomic mass is 16.5. The maximum atomic E-state index is 12.5. The first kappa shape index (κ1) is 19.2. The van der Waals surface area contributed by atoms with E-state index in [0.29, 0.717) is 24.5 Å². The molecule has 2 N–H and O–H groups in total. The molecule has 0 aliphatic heterocycles. The number of carbonyl (C=O) groups excluding carboxylic acids is 1. The van der Waals surface area contributed by atoms with Gasteiger partial charge in [0.2, 0.25) is 0 Å². The summed E-state index contributed by atoms with van der Waals surface area (Å²) in [4.78, 5) is 23.0. The Morgan fingerprint density at radius 2 is 2.00 bits per heavy atom. The lowest BCUT2D eigenvalue weighted by atomic mass is 9.84. The minimum absolute atomic E-state index is 0.203. The number of nitrogens with one attached hydrogen (secondary N) is 1. The smallest absolute Gasteiger partial charge is 0.341 e. The van der Waals surface area contributed by atoms with Gasteiger partial charge in [0.15, 0.2) is 6.61 Å². The third kappa shape index (κ3) is 6.05. The van der Waals surface area contributed by atoms with Gasteiger partial charge in [-0.15, -0.1) is 0 Å². The average molecular weight is 349 g/mol. The lowest BCUT2D eigenvalue weighted by molar-refractivity contribution is -0.139. The number of hydrogen-bond donors (Lipinski definition) is 2. The molecule has 0 unspecified atom stereocenters. The summed E-state index contributed by atoms with van der Waals surface area (Å²) >= 11 is 0. The highest BCUT2D eigenvalue weighted by Crippen LogP contribution is 2.31. The van der Waals surface area contributed by atoms with Gasteiger partial charge in [-0.25, -0.2) is 4.79 Å². The van der Waals surface area contributed by atoms with E-state index in [9.17, 15) is 9.59 Å². The van der Waals surface area contributed by atoms with E-state index in [4.69, 9.17) is 14.6 Å². The predicted octanol–water partition coefficient (Wildman–Crippen LogP) is 3.01. The molecule has 2 rings (SSSR count). The van der Waals surface area contributed by atoms with E-state index < -0.39 is 12.6 Å². The van der Waals surface area contributed by atoms with Crippen LogP contribution in [0.3, 0.4) is 0 Å². The Hall–Kier alpha value is -2.08. The molecule has 0 bridgehead atoms. The van der Waals surface area contributed by atoms with Crippen LogP contribution in [0.25, 0.3) is 0 Å². The number of carboxylic acids is 1. The van der Waals surface area contributed by atoms with E-state index in [-0.39, 0.29) is 11.5 Å². The van der Waals surface area contributed by atoms with Crippen LogP contribution in [-0.4, -0.2) is 42.3 Å². The molecule has 1 saturated carbocycles. The van der Waals surface area contributed by atoms with Gasteiger partial charge in [0.05, 0.1) is 5.60 Å². The largest absolute Gasteiger partial charge is 0.482 e. The molecule has 0 atom stereocenters. The SMILES string of the molecule is CCCOC1(CNC(=O)c2cccc(OCC(=O)O)c2)CCCCC1. The maximum Gasteiger partial charge on any atom is 0.341 e. The summed E-state index contributed by atoms with van der Waals surface area (Å²) in [5.41, 5.74) is 0.186. The second-order valence-corrected chi connectivity index (χ2v) is 6.49. The molecule has 1 aromatic carbocycles. The number of carboxylic acid groups (broad SMARTS) is 1. The van der Waals surface area contributed by atoms with Gasteiger partial charge >= 0.3 is 5.97 Å². The molecule has 0 saturated heterocycles. The Labute approximate surface area is 148 Å².